The number of nitrogens with one attached hydrogen (secondary N) is 1. The van der Waals surface area contributed by atoms with Gasteiger partial charge in [0.1, 0.15) is 0 Å². The van der Waals surface area contributed by atoms with Crippen LogP contribution >= 0.6 is 0 Å². The predicted molar refractivity (Wildman–Crippen MR) is 75.7 cm³/mol. The molecule has 0 radical (unpaired) electrons. The number of benzene rings is 1. The van der Waals surface area contributed by atoms with Crippen molar-refractivity contribution in [1.82, 2.24) is 20.1 Å². The van der Waals surface area contributed by atoms with E-state index in [-0.39, 0.29) is 18.8 Å². The van der Waals surface area contributed by atoms with Crippen molar-refractivity contribution in [2.45, 2.75) is 38.0 Å². The zero-order valence-electron chi connectivity index (χ0n) is 11.9. The van der Waals surface area contributed by atoms with Gasteiger partial charge in [-0.3, -0.25) is 0 Å². The molecule has 3 aromatic rings. The Bertz CT molecular complexity index is 839. The van der Waals surface area contributed by atoms with Crippen molar-refractivity contribution in [2.75, 3.05) is 0 Å². The van der Waals surface area contributed by atoms with E-state index >= 15 is 0 Å². The maximum absolute atomic E-state index is 13.3. The number of aryl methyl sites for hydroxylation is 1. The Hall–Kier alpha value is -2.31. The summed E-state index contributed by atoms with van der Waals surface area (Å²) >= 11 is 0. The first-order valence-corrected chi connectivity index (χ1v) is 7.17. The molecule has 1 aliphatic carbocycles. The van der Waals surface area contributed by atoms with Crippen LogP contribution < -0.4 is 0 Å². The molecule has 0 saturated heterocycles. The molecule has 1 N–H and O–H groups in total. The van der Waals surface area contributed by atoms with Gasteiger partial charge in [0.05, 0.1) is 17.4 Å². The van der Waals surface area contributed by atoms with Crippen molar-refractivity contribution in [1.29, 1.82) is 0 Å². The van der Waals surface area contributed by atoms with Gasteiger partial charge < -0.3 is 9.51 Å². The number of rotatable bonds is 2. The molecule has 4 rings (SSSR count). The van der Waals surface area contributed by atoms with Gasteiger partial charge in [-0.05, 0) is 31.0 Å². The molecule has 2 aromatic heterocycles. The monoisotopic (exact) mass is 304 g/mol. The van der Waals surface area contributed by atoms with Gasteiger partial charge in [0.2, 0.25) is 17.6 Å². The third-order valence-corrected chi connectivity index (χ3v) is 4.17. The predicted octanol–water partition coefficient (Wildman–Crippen LogP) is 3.82. The number of fused-ring (bicyclic) bond motifs is 1. The zero-order chi connectivity index (χ0) is 15.3. The van der Waals surface area contributed by atoms with Crippen LogP contribution in [0.15, 0.2) is 23.0 Å². The quantitative estimate of drug-likeness (QED) is 0.781. The van der Waals surface area contributed by atoms with Crippen LogP contribution in [0.5, 0.6) is 0 Å². The van der Waals surface area contributed by atoms with E-state index in [4.69, 9.17) is 4.52 Å². The normalized spacial score (nSPS) is 20.8. The smallest absolute Gasteiger partial charge is 0.248 e. The molecule has 2 heterocycles. The molecule has 22 heavy (non-hydrogen) atoms. The molecule has 0 aliphatic heterocycles. The minimum Gasteiger partial charge on any atom is -0.345 e. The maximum Gasteiger partial charge on any atom is 0.248 e. The summed E-state index contributed by atoms with van der Waals surface area (Å²) in [6, 6.07) is 3.80. The molecule has 0 bridgehead atoms. The van der Waals surface area contributed by atoms with E-state index in [9.17, 15) is 8.78 Å². The molecule has 1 aliphatic rings. The van der Waals surface area contributed by atoms with Gasteiger partial charge in [-0.1, -0.05) is 5.16 Å². The lowest BCUT2D eigenvalue weighted by Crippen LogP contribution is -2.09. The number of alkyl halides is 2. The molecule has 5 nitrogen and oxygen atoms in total. The summed E-state index contributed by atoms with van der Waals surface area (Å²) in [4.78, 5) is 11.6. The van der Waals surface area contributed by atoms with Crippen molar-refractivity contribution >= 4 is 11.0 Å². The van der Waals surface area contributed by atoms with Gasteiger partial charge in [0, 0.05) is 24.3 Å². The Kier molecular flexibility index (Phi) is 2.79. The molecular weight excluding hydrogens is 290 g/mol. The Balaban J connectivity index is 1.68. The molecule has 0 spiro atoms. The van der Waals surface area contributed by atoms with Crippen molar-refractivity contribution < 1.29 is 13.3 Å². The van der Waals surface area contributed by atoms with Gasteiger partial charge >= 0.3 is 0 Å². The average Bonchev–Trinajstić information content (AvgIpc) is 3.16. The lowest BCUT2D eigenvalue weighted by atomic mass is 10.1. The Morgan fingerprint density at radius 2 is 2.23 bits per heavy atom. The lowest BCUT2D eigenvalue weighted by molar-refractivity contribution is 0.00690. The third-order valence-electron chi connectivity index (χ3n) is 4.17. The number of hydrogen-bond donors (Lipinski definition) is 1. The summed E-state index contributed by atoms with van der Waals surface area (Å²) in [5.74, 6) is -2.25. The average molecular weight is 304 g/mol. The van der Waals surface area contributed by atoms with E-state index in [0.29, 0.717) is 18.1 Å². The maximum atomic E-state index is 13.3. The molecule has 0 amide bonds. The molecule has 1 fully saturated rings. The highest BCUT2D eigenvalue weighted by Crippen LogP contribution is 2.43. The minimum atomic E-state index is -2.62. The molecule has 1 atom stereocenters. The zero-order valence-corrected chi connectivity index (χ0v) is 11.9. The first-order chi connectivity index (χ1) is 10.5. The highest BCUT2D eigenvalue weighted by atomic mass is 19.3. The second-order valence-electron chi connectivity index (χ2n) is 5.84. The number of H-pyrrole nitrogens is 1. The van der Waals surface area contributed by atoms with Gasteiger partial charge in [-0.15, -0.1) is 0 Å². The van der Waals surface area contributed by atoms with E-state index in [1.165, 1.54) is 0 Å². The van der Waals surface area contributed by atoms with Crippen molar-refractivity contribution in [3.05, 3.63) is 29.9 Å². The van der Waals surface area contributed by atoms with E-state index in [2.05, 4.69) is 20.1 Å². The van der Waals surface area contributed by atoms with Crippen LogP contribution in [0.4, 0.5) is 8.78 Å². The molecule has 1 unspecified atom stereocenters. The fourth-order valence-electron chi connectivity index (χ4n) is 3.04. The summed E-state index contributed by atoms with van der Waals surface area (Å²) in [7, 11) is 0. The standard InChI is InChI=1S/C15H14F2N4O/c1-8-4-10(5-11-12(8)19-7-18-11)13-20-14(22-21-13)9-2-3-15(16,17)6-9/h4-5,7,9H,2-3,6H2,1H3,(H,18,19). The van der Waals surface area contributed by atoms with Gasteiger partial charge in [-0.25, -0.2) is 13.8 Å². The summed E-state index contributed by atoms with van der Waals surface area (Å²) < 4.78 is 31.8. The minimum absolute atomic E-state index is 0.116. The van der Waals surface area contributed by atoms with Crippen LogP contribution in [0.2, 0.25) is 0 Å². The SMILES string of the molecule is Cc1cc(-c2noc(C3CCC(F)(F)C3)n2)cc2[nH]cnc12. The van der Waals surface area contributed by atoms with Crippen LogP contribution in [0.3, 0.4) is 0 Å². The summed E-state index contributed by atoms with van der Waals surface area (Å²) in [5, 5.41) is 3.95. The van der Waals surface area contributed by atoms with Crippen LogP contribution in [0, 0.1) is 6.92 Å². The van der Waals surface area contributed by atoms with E-state index in [1.807, 2.05) is 19.1 Å². The molecule has 7 heteroatoms. The molecular formula is C15H14F2N4O. The number of imidazole rings is 1. The van der Waals surface area contributed by atoms with Crippen LogP contribution in [0.1, 0.15) is 36.6 Å². The van der Waals surface area contributed by atoms with Crippen LogP contribution in [-0.2, 0) is 0 Å². The number of aromatic nitrogens is 4. The third kappa shape index (κ3) is 2.17. The second-order valence-corrected chi connectivity index (χ2v) is 5.84. The van der Waals surface area contributed by atoms with Gasteiger partial charge in [0.25, 0.3) is 0 Å². The first-order valence-electron chi connectivity index (χ1n) is 7.17. The van der Waals surface area contributed by atoms with E-state index in [1.54, 1.807) is 6.33 Å². The highest BCUT2D eigenvalue weighted by Gasteiger charge is 2.42. The van der Waals surface area contributed by atoms with Gasteiger partial charge in [0.15, 0.2) is 0 Å². The Morgan fingerprint density at radius 1 is 1.36 bits per heavy atom. The van der Waals surface area contributed by atoms with Crippen molar-refractivity contribution in [3.63, 3.8) is 0 Å². The topological polar surface area (TPSA) is 67.6 Å². The summed E-state index contributed by atoms with van der Waals surface area (Å²) in [6.07, 6.45) is 1.68. The van der Waals surface area contributed by atoms with Crippen LogP contribution in [-0.4, -0.2) is 26.0 Å². The molecule has 114 valence electrons. The van der Waals surface area contributed by atoms with Crippen molar-refractivity contribution in [3.8, 4) is 11.4 Å². The number of nitrogens with zero attached hydrogens (tertiary/aromatic N) is 3. The Labute approximate surface area is 124 Å². The first kappa shape index (κ1) is 13.4. The number of hydrogen-bond acceptors (Lipinski definition) is 4. The highest BCUT2D eigenvalue weighted by molar-refractivity contribution is 5.83. The summed E-state index contributed by atoms with van der Waals surface area (Å²) in [5.41, 5.74) is 3.55. The fourth-order valence-corrected chi connectivity index (χ4v) is 3.04. The Morgan fingerprint density at radius 3 is 3.00 bits per heavy atom. The second kappa shape index (κ2) is 4.59. The largest absolute Gasteiger partial charge is 0.345 e. The molecule has 1 aromatic carbocycles. The van der Waals surface area contributed by atoms with Crippen LogP contribution in [0.25, 0.3) is 22.4 Å². The number of halogens is 2. The van der Waals surface area contributed by atoms with E-state index in [0.717, 1.165) is 22.2 Å². The fraction of sp³-hybridized carbons (Fsp3) is 0.400. The number of aromatic amines is 1. The summed E-state index contributed by atoms with van der Waals surface area (Å²) in [6.45, 7) is 1.95. The van der Waals surface area contributed by atoms with Crippen molar-refractivity contribution in [2.24, 2.45) is 0 Å². The van der Waals surface area contributed by atoms with E-state index < -0.39 is 5.92 Å². The lowest BCUT2D eigenvalue weighted by Gasteiger charge is -2.06. The van der Waals surface area contributed by atoms with Gasteiger partial charge in [-0.2, -0.15) is 4.98 Å². The molecule has 1 saturated carbocycles.